The Hall–Kier alpha value is -1.47. The number of ether oxygens (including phenoxy) is 1. The SMILES string of the molecule is CC(C)(Cl)c1cccc(OCc2ccccc2)c1. The van der Waals surface area contributed by atoms with Gasteiger partial charge in [0.2, 0.25) is 0 Å². The zero-order valence-electron chi connectivity index (χ0n) is 10.7. The second-order valence-corrected chi connectivity index (χ2v) is 5.72. The van der Waals surface area contributed by atoms with Crippen LogP contribution in [0.25, 0.3) is 0 Å². The van der Waals surface area contributed by atoms with Crippen LogP contribution in [-0.4, -0.2) is 0 Å². The number of rotatable bonds is 4. The second-order valence-electron chi connectivity index (χ2n) is 4.77. The highest BCUT2D eigenvalue weighted by Crippen LogP contribution is 2.30. The van der Waals surface area contributed by atoms with Gasteiger partial charge in [-0.1, -0.05) is 42.5 Å². The van der Waals surface area contributed by atoms with Crippen LogP contribution in [0.5, 0.6) is 5.75 Å². The molecule has 94 valence electrons. The van der Waals surface area contributed by atoms with E-state index in [0.717, 1.165) is 16.9 Å². The fourth-order valence-electron chi connectivity index (χ4n) is 1.70. The lowest BCUT2D eigenvalue weighted by atomic mass is 10.0. The van der Waals surface area contributed by atoms with Crippen molar-refractivity contribution < 1.29 is 4.74 Å². The molecule has 2 heteroatoms. The van der Waals surface area contributed by atoms with E-state index < -0.39 is 0 Å². The smallest absolute Gasteiger partial charge is 0.120 e. The van der Waals surface area contributed by atoms with E-state index in [0.29, 0.717) is 6.61 Å². The first-order valence-electron chi connectivity index (χ1n) is 6.02. The molecule has 0 amide bonds. The summed E-state index contributed by atoms with van der Waals surface area (Å²) in [6.45, 7) is 4.53. The molecule has 0 aromatic heterocycles. The molecule has 2 rings (SSSR count). The molecule has 2 aromatic carbocycles. The molecule has 0 saturated heterocycles. The first kappa shape index (κ1) is 13.0. The monoisotopic (exact) mass is 260 g/mol. The summed E-state index contributed by atoms with van der Waals surface area (Å²) in [7, 11) is 0. The molecule has 0 unspecified atom stereocenters. The molecule has 1 nitrogen and oxygen atoms in total. The van der Waals surface area contributed by atoms with Crippen molar-refractivity contribution in [2.45, 2.75) is 25.3 Å². The summed E-state index contributed by atoms with van der Waals surface area (Å²) < 4.78 is 5.77. The highest BCUT2D eigenvalue weighted by Gasteiger charge is 2.16. The van der Waals surface area contributed by atoms with Gasteiger partial charge in [0.15, 0.2) is 0 Å². The van der Waals surface area contributed by atoms with Gasteiger partial charge in [0.05, 0.1) is 4.87 Å². The zero-order valence-corrected chi connectivity index (χ0v) is 11.4. The molecule has 0 radical (unpaired) electrons. The third-order valence-electron chi connectivity index (χ3n) is 2.77. The molecule has 0 aliphatic carbocycles. The predicted octanol–water partition coefficient (Wildman–Crippen LogP) is 4.74. The van der Waals surface area contributed by atoms with E-state index in [1.165, 1.54) is 0 Å². The maximum atomic E-state index is 6.29. The van der Waals surface area contributed by atoms with Crippen LogP contribution in [0.2, 0.25) is 0 Å². The quantitative estimate of drug-likeness (QED) is 0.722. The summed E-state index contributed by atoms with van der Waals surface area (Å²) in [5, 5.41) is 0. The van der Waals surface area contributed by atoms with Crippen LogP contribution in [0.4, 0.5) is 0 Å². The number of alkyl halides is 1. The van der Waals surface area contributed by atoms with E-state index >= 15 is 0 Å². The third kappa shape index (κ3) is 3.51. The summed E-state index contributed by atoms with van der Waals surface area (Å²) >= 11 is 6.29. The minimum atomic E-state index is -0.369. The van der Waals surface area contributed by atoms with Crippen LogP contribution < -0.4 is 4.74 Å². The van der Waals surface area contributed by atoms with Crippen LogP contribution in [0.1, 0.15) is 25.0 Å². The Balaban J connectivity index is 2.06. The van der Waals surface area contributed by atoms with Crippen LogP contribution in [0, 0.1) is 0 Å². The molecule has 0 spiro atoms. The Labute approximate surface area is 113 Å². The molecule has 0 saturated carbocycles. The minimum absolute atomic E-state index is 0.369. The van der Waals surface area contributed by atoms with E-state index in [4.69, 9.17) is 16.3 Å². The number of benzene rings is 2. The minimum Gasteiger partial charge on any atom is -0.489 e. The standard InChI is InChI=1S/C16H17ClO/c1-16(2,17)14-9-6-10-15(11-14)18-12-13-7-4-3-5-8-13/h3-11H,12H2,1-2H3. The van der Waals surface area contributed by atoms with Crippen molar-refractivity contribution in [3.8, 4) is 5.75 Å². The summed E-state index contributed by atoms with van der Waals surface area (Å²) in [5.74, 6) is 0.852. The zero-order chi connectivity index (χ0) is 13.0. The predicted molar refractivity (Wildman–Crippen MR) is 76.1 cm³/mol. The van der Waals surface area contributed by atoms with E-state index in [2.05, 4.69) is 12.1 Å². The summed E-state index contributed by atoms with van der Waals surface area (Å²) in [6.07, 6.45) is 0. The van der Waals surface area contributed by atoms with Crippen molar-refractivity contribution in [1.29, 1.82) is 0 Å². The van der Waals surface area contributed by atoms with Gasteiger partial charge in [-0.15, -0.1) is 11.6 Å². The van der Waals surface area contributed by atoms with Gasteiger partial charge in [-0.3, -0.25) is 0 Å². The average molecular weight is 261 g/mol. The molecule has 0 atom stereocenters. The fraction of sp³-hybridized carbons (Fsp3) is 0.250. The van der Waals surface area contributed by atoms with Crippen LogP contribution >= 0.6 is 11.6 Å². The number of hydrogen-bond donors (Lipinski definition) is 0. The van der Waals surface area contributed by atoms with Crippen LogP contribution in [0.15, 0.2) is 54.6 Å². The highest BCUT2D eigenvalue weighted by atomic mass is 35.5. The highest BCUT2D eigenvalue weighted by molar-refractivity contribution is 6.23. The van der Waals surface area contributed by atoms with Crippen molar-refractivity contribution in [2.75, 3.05) is 0 Å². The first-order valence-corrected chi connectivity index (χ1v) is 6.40. The van der Waals surface area contributed by atoms with Crippen molar-refractivity contribution in [2.24, 2.45) is 0 Å². The van der Waals surface area contributed by atoms with Gasteiger partial charge in [-0.2, -0.15) is 0 Å². The van der Waals surface area contributed by atoms with Gasteiger partial charge in [0, 0.05) is 0 Å². The molecule has 0 fully saturated rings. The topological polar surface area (TPSA) is 9.23 Å². The van der Waals surface area contributed by atoms with Crippen molar-refractivity contribution in [3.05, 3.63) is 65.7 Å². The molecular formula is C16H17ClO. The van der Waals surface area contributed by atoms with E-state index in [1.807, 2.05) is 56.3 Å². The molecular weight excluding hydrogens is 244 g/mol. The molecule has 2 aromatic rings. The van der Waals surface area contributed by atoms with Gasteiger partial charge >= 0.3 is 0 Å². The molecule has 0 heterocycles. The number of hydrogen-bond acceptors (Lipinski definition) is 1. The van der Waals surface area contributed by atoms with Gasteiger partial charge in [0.1, 0.15) is 12.4 Å². The lowest BCUT2D eigenvalue weighted by molar-refractivity contribution is 0.305. The van der Waals surface area contributed by atoms with Crippen molar-refractivity contribution >= 4 is 11.6 Å². The summed E-state index contributed by atoms with van der Waals surface area (Å²) in [4.78, 5) is -0.369. The maximum Gasteiger partial charge on any atom is 0.120 e. The molecule has 0 N–H and O–H groups in total. The Morgan fingerprint density at radius 2 is 1.72 bits per heavy atom. The van der Waals surface area contributed by atoms with Gasteiger partial charge < -0.3 is 4.74 Å². The van der Waals surface area contributed by atoms with Crippen LogP contribution in [-0.2, 0) is 11.5 Å². The first-order chi connectivity index (χ1) is 8.55. The van der Waals surface area contributed by atoms with Crippen molar-refractivity contribution in [3.63, 3.8) is 0 Å². The second kappa shape index (κ2) is 5.45. The number of halogens is 1. The van der Waals surface area contributed by atoms with E-state index in [9.17, 15) is 0 Å². The average Bonchev–Trinajstić information content (AvgIpc) is 2.37. The summed E-state index contributed by atoms with van der Waals surface area (Å²) in [5.41, 5.74) is 2.22. The lowest BCUT2D eigenvalue weighted by Gasteiger charge is -2.17. The van der Waals surface area contributed by atoms with Gasteiger partial charge in [-0.25, -0.2) is 0 Å². The van der Waals surface area contributed by atoms with Crippen LogP contribution in [0.3, 0.4) is 0 Å². The molecule has 0 bridgehead atoms. The van der Waals surface area contributed by atoms with Gasteiger partial charge in [-0.05, 0) is 37.1 Å². The Bertz CT molecular complexity index is 500. The Kier molecular flexibility index (Phi) is 3.93. The Morgan fingerprint density at radius 1 is 1.00 bits per heavy atom. The molecule has 0 aliphatic heterocycles. The third-order valence-corrected chi connectivity index (χ3v) is 2.99. The van der Waals surface area contributed by atoms with Gasteiger partial charge in [0.25, 0.3) is 0 Å². The summed E-state index contributed by atoms with van der Waals surface area (Å²) in [6, 6.07) is 18.1. The van der Waals surface area contributed by atoms with E-state index in [1.54, 1.807) is 0 Å². The fourth-order valence-corrected chi connectivity index (χ4v) is 1.81. The molecule has 0 aliphatic rings. The normalized spacial score (nSPS) is 11.3. The largest absolute Gasteiger partial charge is 0.489 e. The van der Waals surface area contributed by atoms with E-state index in [-0.39, 0.29) is 4.87 Å². The Morgan fingerprint density at radius 3 is 2.39 bits per heavy atom. The van der Waals surface area contributed by atoms with Crippen molar-refractivity contribution in [1.82, 2.24) is 0 Å². The lowest BCUT2D eigenvalue weighted by Crippen LogP contribution is -2.07. The maximum absolute atomic E-state index is 6.29. The molecule has 18 heavy (non-hydrogen) atoms.